The van der Waals surface area contributed by atoms with E-state index in [9.17, 15) is 22.0 Å². The molecule has 2 nitrogen and oxygen atoms in total. The lowest BCUT2D eigenvalue weighted by molar-refractivity contribution is -0.189. The molecule has 1 aliphatic carbocycles. The lowest BCUT2D eigenvalue weighted by Gasteiger charge is -2.29. The van der Waals surface area contributed by atoms with Gasteiger partial charge in [-0.2, -0.15) is 8.78 Å². The number of hydrogen-bond acceptors (Lipinski definition) is 2. The largest absolute Gasteiger partial charge is 0.491 e. The van der Waals surface area contributed by atoms with Gasteiger partial charge in [0.05, 0.1) is 6.61 Å². The third kappa shape index (κ3) is 4.32. The van der Waals surface area contributed by atoms with E-state index in [0.29, 0.717) is 24.5 Å². The fourth-order valence-corrected chi connectivity index (χ4v) is 4.22. The summed E-state index contributed by atoms with van der Waals surface area (Å²) in [6.45, 7) is 3.50. The summed E-state index contributed by atoms with van der Waals surface area (Å²) in [5.41, 5.74) is -2.98. The highest BCUT2D eigenvalue weighted by molar-refractivity contribution is 5.76. The molecule has 0 radical (unpaired) electrons. The molecule has 0 saturated carbocycles. The number of fused-ring (bicyclic) bond motifs is 3. The van der Waals surface area contributed by atoms with Crippen LogP contribution in [0, 0.1) is 17.5 Å². The van der Waals surface area contributed by atoms with Crippen LogP contribution in [0.1, 0.15) is 54.9 Å². The van der Waals surface area contributed by atoms with Crippen molar-refractivity contribution in [1.82, 2.24) is 0 Å². The molecule has 0 N–H and O–H groups in total. The molecule has 2 unspecified atom stereocenters. The van der Waals surface area contributed by atoms with E-state index in [1.807, 2.05) is 6.92 Å². The maximum atomic E-state index is 15.3. The van der Waals surface area contributed by atoms with Gasteiger partial charge in [-0.3, -0.25) is 0 Å². The Hall–Kier alpha value is -3.23. The van der Waals surface area contributed by atoms with Gasteiger partial charge in [0.2, 0.25) is 0 Å². The topological polar surface area (TPSA) is 18.5 Å². The van der Waals surface area contributed by atoms with Gasteiger partial charge >= 0.3 is 6.11 Å². The molecular weight excluding hydrogens is 477 g/mol. The Morgan fingerprint density at radius 2 is 1.40 bits per heavy atom. The fourth-order valence-electron chi connectivity index (χ4n) is 4.22. The summed E-state index contributed by atoms with van der Waals surface area (Å²) in [5.74, 6) is -5.12. The maximum absolute atomic E-state index is 15.3. The lowest BCUT2D eigenvalue weighted by atomic mass is 9.81. The molecule has 3 aromatic carbocycles. The van der Waals surface area contributed by atoms with E-state index in [2.05, 4.69) is 4.74 Å². The third-order valence-electron chi connectivity index (χ3n) is 5.81. The number of rotatable bonds is 7. The van der Waals surface area contributed by atoms with Crippen LogP contribution >= 0.6 is 0 Å². The van der Waals surface area contributed by atoms with Gasteiger partial charge in [-0.15, -0.1) is 0 Å². The lowest BCUT2D eigenvalue weighted by Crippen LogP contribution is -2.26. The molecule has 0 amide bonds. The van der Waals surface area contributed by atoms with Crippen molar-refractivity contribution in [2.24, 2.45) is 0 Å². The van der Waals surface area contributed by atoms with Crippen molar-refractivity contribution in [2.75, 3.05) is 6.61 Å². The molecular formula is C26H21F7O2. The molecule has 0 bridgehead atoms. The number of aryl methyl sites for hydroxylation is 1. The van der Waals surface area contributed by atoms with Gasteiger partial charge in [-0.05, 0) is 54.3 Å². The first kappa shape index (κ1) is 24.9. The van der Waals surface area contributed by atoms with Crippen LogP contribution < -0.4 is 9.47 Å². The molecule has 1 aliphatic rings. The van der Waals surface area contributed by atoms with Crippen molar-refractivity contribution in [2.45, 2.75) is 45.1 Å². The average molecular weight is 498 g/mol. The Bertz CT molecular complexity index is 1260. The number of ether oxygens (including phenoxy) is 2. The number of hydrogen-bond donors (Lipinski definition) is 0. The van der Waals surface area contributed by atoms with Gasteiger partial charge in [-0.25, -0.2) is 22.0 Å². The van der Waals surface area contributed by atoms with Crippen molar-refractivity contribution in [3.05, 3.63) is 82.2 Å². The summed E-state index contributed by atoms with van der Waals surface area (Å²) in [6.07, 6.45) is -8.63. The van der Waals surface area contributed by atoms with Crippen LogP contribution in [0.4, 0.5) is 30.7 Å². The van der Waals surface area contributed by atoms with E-state index >= 15 is 8.78 Å². The van der Waals surface area contributed by atoms with Crippen molar-refractivity contribution >= 4 is 0 Å². The minimum absolute atomic E-state index is 0.0668. The summed E-state index contributed by atoms with van der Waals surface area (Å²) >= 11 is 0. The van der Waals surface area contributed by atoms with Crippen LogP contribution in [0.25, 0.3) is 11.1 Å². The number of benzene rings is 3. The minimum atomic E-state index is -4.41. The third-order valence-corrected chi connectivity index (χ3v) is 5.81. The van der Waals surface area contributed by atoms with Crippen LogP contribution in [0.15, 0.2) is 42.5 Å². The molecule has 0 aliphatic heterocycles. The zero-order chi connectivity index (χ0) is 25.5. The second-order valence-corrected chi connectivity index (χ2v) is 8.10. The molecule has 4 rings (SSSR count). The van der Waals surface area contributed by atoms with E-state index in [0.717, 1.165) is 18.2 Å². The Morgan fingerprint density at radius 1 is 0.800 bits per heavy atom. The Balaban J connectivity index is 1.76. The number of alkyl halides is 4. The molecule has 186 valence electrons. The molecule has 3 aromatic rings. The van der Waals surface area contributed by atoms with Crippen LogP contribution in [0.3, 0.4) is 0 Å². The second kappa shape index (κ2) is 9.43. The summed E-state index contributed by atoms with van der Waals surface area (Å²) in [5, 5.41) is 0. The summed E-state index contributed by atoms with van der Waals surface area (Å²) in [7, 11) is 0. The zero-order valence-electron chi connectivity index (χ0n) is 18.8. The average Bonchev–Trinajstić information content (AvgIpc) is 2.80. The van der Waals surface area contributed by atoms with Gasteiger partial charge in [0.15, 0.2) is 35.5 Å². The van der Waals surface area contributed by atoms with Crippen molar-refractivity contribution in [1.29, 1.82) is 0 Å². The second-order valence-electron chi connectivity index (χ2n) is 8.10. The monoisotopic (exact) mass is 498 g/mol. The molecule has 9 heteroatoms. The van der Waals surface area contributed by atoms with Crippen molar-refractivity contribution in [3.8, 4) is 22.6 Å². The van der Waals surface area contributed by atoms with Gasteiger partial charge in [0, 0.05) is 11.1 Å². The smallest absolute Gasteiger partial charge is 0.429 e. The summed E-state index contributed by atoms with van der Waals surface area (Å²) < 4.78 is 114. The predicted octanol–water partition coefficient (Wildman–Crippen LogP) is 8.29. The first-order valence-electron chi connectivity index (χ1n) is 11.0. The quantitative estimate of drug-likeness (QED) is 0.305. The highest BCUT2D eigenvalue weighted by Crippen LogP contribution is 2.52. The van der Waals surface area contributed by atoms with E-state index in [1.54, 1.807) is 6.92 Å². The predicted molar refractivity (Wildman–Crippen MR) is 116 cm³/mol. The van der Waals surface area contributed by atoms with Gasteiger partial charge in [-0.1, -0.05) is 31.5 Å². The minimum Gasteiger partial charge on any atom is -0.491 e. The molecule has 0 fully saturated rings. The normalized spacial score (nSPS) is 17.1. The fraction of sp³-hybridized carbons (Fsp3) is 0.308. The number of halogens is 7. The molecule has 0 aromatic heterocycles. The van der Waals surface area contributed by atoms with E-state index in [4.69, 9.17) is 4.74 Å². The standard InChI is InChI=1S/C26H21F7O2/c1-3-5-13-6-10-18(17(27)12-13)35-26(32,33)16-9-7-14-15-8-11-19(34-4-2)23(29)21(15)25(31)24(30)20(14)22(16)28/h6-12,24-25H,3-5H2,1-2H3. The van der Waals surface area contributed by atoms with Crippen LogP contribution in [-0.2, 0) is 12.5 Å². The Labute approximate surface area is 197 Å². The Kier molecular flexibility index (Phi) is 6.71. The molecule has 0 saturated heterocycles. The van der Waals surface area contributed by atoms with Crippen molar-refractivity contribution < 1.29 is 40.2 Å². The SMILES string of the molecule is CCCc1ccc(OC(F)(F)c2ccc3c(c2F)C(F)C(F)c2c-3ccc(OCC)c2F)c(F)c1. The van der Waals surface area contributed by atoms with E-state index in [-0.39, 0.29) is 23.5 Å². The summed E-state index contributed by atoms with van der Waals surface area (Å²) in [6, 6.07) is 7.36. The van der Waals surface area contributed by atoms with Crippen LogP contribution in [0.5, 0.6) is 11.5 Å². The molecule has 0 heterocycles. The highest BCUT2D eigenvalue weighted by atomic mass is 19.3. The maximum Gasteiger partial charge on any atom is 0.429 e. The van der Waals surface area contributed by atoms with Gasteiger partial charge < -0.3 is 9.47 Å². The molecule has 2 atom stereocenters. The van der Waals surface area contributed by atoms with Gasteiger partial charge in [0.25, 0.3) is 0 Å². The van der Waals surface area contributed by atoms with E-state index < -0.39 is 58.3 Å². The van der Waals surface area contributed by atoms with E-state index in [1.165, 1.54) is 18.2 Å². The molecule has 0 spiro atoms. The first-order chi connectivity index (χ1) is 16.6. The first-order valence-corrected chi connectivity index (χ1v) is 11.0. The Morgan fingerprint density at radius 3 is 2.00 bits per heavy atom. The highest BCUT2D eigenvalue weighted by Gasteiger charge is 2.45. The zero-order valence-corrected chi connectivity index (χ0v) is 18.8. The van der Waals surface area contributed by atoms with Crippen molar-refractivity contribution in [3.63, 3.8) is 0 Å². The van der Waals surface area contributed by atoms with Crippen LogP contribution in [0.2, 0.25) is 0 Å². The van der Waals surface area contributed by atoms with Crippen LogP contribution in [-0.4, -0.2) is 6.61 Å². The summed E-state index contributed by atoms with van der Waals surface area (Å²) in [4.78, 5) is 0. The molecule has 35 heavy (non-hydrogen) atoms. The van der Waals surface area contributed by atoms with Gasteiger partial charge in [0.1, 0.15) is 11.4 Å².